The van der Waals surface area contributed by atoms with Gasteiger partial charge in [-0.05, 0) is 42.7 Å². The molecular formula is C20H20ClN. The van der Waals surface area contributed by atoms with E-state index in [-0.39, 0.29) is 0 Å². The van der Waals surface area contributed by atoms with Gasteiger partial charge < -0.3 is 0 Å². The van der Waals surface area contributed by atoms with Crippen LogP contribution in [0.25, 0.3) is 22.2 Å². The first-order valence-corrected chi connectivity index (χ1v) is 8.30. The van der Waals surface area contributed by atoms with E-state index in [2.05, 4.69) is 37.3 Å². The maximum atomic E-state index is 6.13. The van der Waals surface area contributed by atoms with E-state index < -0.39 is 0 Å². The van der Waals surface area contributed by atoms with Crippen LogP contribution < -0.4 is 0 Å². The van der Waals surface area contributed by atoms with E-state index in [0.29, 0.717) is 0 Å². The number of aromatic nitrogens is 1. The van der Waals surface area contributed by atoms with E-state index in [1.807, 2.05) is 24.3 Å². The molecule has 0 fully saturated rings. The van der Waals surface area contributed by atoms with Gasteiger partial charge in [0.1, 0.15) is 0 Å². The number of benzene rings is 2. The third-order valence-corrected chi connectivity index (χ3v) is 4.19. The minimum Gasteiger partial charge on any atom is -0.248 e. The zero-order chi connectivity index (χ0) is 15.4. The molecule has 0 spiro atoms. The minimum absolute atomic E-state index is 0.765. The monoisotopic (exact) mass is 309 g/mol. The van der Waals surface area contributed by atoms with Crippen molar-refractivity contribution in [3.63, 3.8) is 0 Å². The standard InChI is InChI=1S/C20H20ClN/c1-2-3-5-10-16-13-17-14-18(21)11-12-19(17)22-20(16)15-8-6-4-7-9-15/h4,6-9,11-14H,2-3,5,10H2,1H3. The van der Waals surface area contributed by atoms with Crippen LogP contribution in [0.5, 0.6) is 0 Å². The summed E-state index contributed by atoms with van der Waals surface area (Å²) in [5.74, 6) is 0. The number of halogens is 1. The lowest BCUT2D eigenvalue weighted by Crippen LogP contribution is -1.95. The highest BCUT2D eigenvalue weighted by Gasteiger charge is 2.09. The van der Waals surface area contributed by atoms with E-state index in [4.69, 9.17) is 16.6 Å². The van der Waals surface area contributed by atoms with Crippen LogP contribution in [0, 0.1) is 0 Å². The molecule has 112 valence electrons. The fourth-order valence-corrected chi connectivity index (χ4v) is 2.97. The van der Waals surface area contributed by atoms with Gasteiger partial charge in [-0.2, -0.15) is 0 Å². The number of aryl methyl sites for hydroxylation is 1. The van der Waals surface area contributed by atoms with Crippen molar-refractivity contribution in [3.8, 4) is 11.3 Å². The highest BCUT2D eigenvalue weighted by molar-refractivity contribution is 6.31. The number of hydrogen-bond acceptors (Lipinski definition) is 1. The summed E-state index contributed by atoms with van der Waals surface area (Å²) in [5, 5.41) is 1.89. The average molecular weight is 310 g/mol. The first kappa shape index (κ1) is 15.1. The van der Waals surface area contributed by atoms with Gasteiger partial charge in [-0.15, -0.1) is 0 Å². The molecule has 0 unspecified atom stereocenters. The first-order chi connectivity index (χ1) is 10.8. The Morgan fingerprint density at radius 1 is 0.955 bits per heavy atom. The normalized spacial score (nSPS) is 11.0. The van der Waals surface area contributed by atoms with Crippen molar-refractivity contribution in [2.45, 2.75) is 32.6 Å². The molecule has 0 amide bonds. The maximum Gasteiger partial charge on any atom is 0.0741 e. The van der Waals surface area contributed by atoms with Gasteiger partial charge in [0.2, 0.25) is 0 Å². The summed E-state index contributed by atoms with van der Waals surface area (Å²) in [4.78, 5) is 4.91. The van der Waals surface area contributed by atoms with Crippen LogP contribution in [0.3, 0.4) is 0 Å². The van der Waals surface area contributed by atoms with Gasteiger partial charge in [0.15, 0.2) is 0 Å². The van der Waals surface area contributed by atoms with E-state index in [9.17, 15) is 0 Å². The van der Waals surface area contributed by atoms with Gasteiger partial charge in [-0.25, -0.2) is 4.98 Å². The Hall–Kier alpha value is -1.86. The SMILES string of the molecule is CCCCCc1cc2cc(Cl)ccc2nc1-c1ccccc1. The van der Waals surface area contributed by atoms with Crippen LogP contribution in [0.4, 0.5) is 0 Å². The lowest BCUT2D eigenvalue weighted by molar-refractivity contribution is 0.717. The molecule has 22 heavy (non-hydrogen) atoms. The molecule has 0 aliphatic rings. The highest BCUT2D eigenvalue weighted by Crippen LogP contribution is 2.28. The van der Waals surface area contributed by atoms with E-state index in [0.717, 1.165) is 28.0 Å². The summed E-state index contributed by atoms with van der Waals surface area (Å²) in [6.07, 6.45) is 4.74. The second-order valence-electron chi connectivity index (χ2n) is 5.66. The van der Waals surface area contributed by atoms with Crippen LogP contribution in [0.2, 0.25) is 5.02 Å². The van der Waals surface area contributed by atoms with Crippen molar-refractivity contribution >= 4 is 22.5 Å². The quantitative estimate of drug-likeness (QED) is 0.505. The summed E-state index contributed by atoms with van der Waals surface area (Å²) in [5.41, 5.74) is 4.61. The summed E-state index contributed by atoms with van der Waals surface area (Å²) in [6.45, 7) is 2.23. The molecule has 0 atom stereocenters. The van der Waals surface area contributed by atoms with Crippen LogP contribution in [0.15, 0.2) is 54.6 Å². The fourth-order valence-electron chi connectivity index (χ4n) is 2.79. The Labute approximate surface area is 137 Å². The molecule has 0 aliphatic heterocycles. The average Bonchev–Trinajstić information content (AvgIpc) is 2.55. The smallest absolute Gasteiger partial charge is 0.0741 e. The van der Waals surface area contributed by atoms with Gasteiger partial charge in [-0.1, -0.05) is 61.7 Å². The topological polar surface area (TPSA) is 12.9 Å². The molecule has 0 saturated carbocycles. The number of fused-ring (bicyclic) bond motifs is 1. The zero-order valence-electron chi connectivity index (χ0n) is 12.8. The van der Waals surface area contributed by atoms with Crippen molar-refractivity contribution < 1.29 is 0 Å². The fraction of sp³-hybridized carbons (Fsp3) is 0.250. The predicted molar refractivity (Wildman–Crippen MR) is 95.4 cm³/mol. The Bertz CT molecular complexity index is 765. The number of rotatable bonds is 5. The van der Waals surface area contributed by atoms with Gasteiger partial charge in [0.25, 0.3) is 0 Å². The third kappa shape index (κ3) is 3.31. The number of pyridine rings is 1. The lowest BCUT2D eigenvalue weighted by Gasteiger charge is -2.11. The van der Waals surface area contributed by atoms with Gasteiger partial charge in [0, 0.05) is 16.0 Å². The summed E-state index contributed by atoms with van der Waals surface area (Å²) < 4.78 is 0. The van der Waals surface area contributed by atoms with Crippen molar-refractivity contribution in [2.75, 3.05) is 0 Å². The number of unbranched alkanes of at least 4 members (excludes halogenated alkanes) is 2. The summed E-state index contributed by atoms with van der Waals surface area (Å²) >= 11 is 6.13. The zero-order valence-corrected chi connectivity index (χ0v) is 13.6. The van der Waals surface area contributed by atoms with Gasteiger partial charge in [-0.3, -0.25) is 0 Å². The molecule has 0 saturated heterocycles. The summed E-state index contributed by atoms with van der Waals surface area (Å²) in [6, 6.07) is 18.6. The first-order valence-electron chi connectivity index (χ1n) is 7.92. The Kier molecular flexibility index (Phi) is 4.74. The van der Waals surface area contributed by atoms with E-state index >= 15 is 0 Å². The van der Waals surface area contributed by atoms with Crippen molar-refractivity contribution in [1.29, 1.82) is 0 Å². The van der Waals surface area contributed by atoms with Crippen LogP contribution in [-0.2, 0) is 6.42 Å². The Morgan fingerprint density at radius 2 is 1.77 bits per heavy atom. The molecule has 3 rings (SSSR count). The minimum atomic E-state index is 0.765. The molecule has 0 radical (unpaired) electrons. The van der Waals surface area contributed by atoms with Crippen LogP contribution in [-0.4, -0.2) is 4.98 Å². The molecule has 1 aromatic heterocycles. The van der Waals surface area contributed by atoms with Crippen LogP contribution >= 0.6 is 11.6 Å². The number of hydrogen-bond donors (Lipinski definition) is 0. The molecular weight excluding hydrogens is 290 g/mol. The largest absolute Gasteiger partial charge is 0.248 e. The lowest BCUT2D eigenvalue weighted by atomic mass is 9.99. The van der Waals surface area contributed by atoms with Crippen molar-refractivity contribution in [1.82, 2.24) is 4.98 Å². The predicted octanol–water partition coefficient (Wildman–Crippen LogP) is 6.29. The van der Waals surface area contributed by atoms with Crippen LogP contribution in [0.1, 0.15) is 31.7 Å². The summed E-state index contributed by atoms with van der Waals surface area (Å²) in [7, 11) is 0. The second kappa shape index (κ2) is 6.93. The maximum absolute atomic E-state index is 6.13. The Balaban J connectivity index is 2.10. The third-order valence-electron chi connectivity index (χ3n) is 3.95. The Morgan fingerprint density at radius 3 is 2.55 bits per heavy atom. The van der Waals surface area contributed by atoms with Crippen molar-refractivity contribution in [2.24, 2.45) is 0 Å². The molecule has 2 heteroatoms. The molecule has 0 bridgehead atoms. The molecule has 0 N–H and O–H groups in total. The van der Waals surface area contributed by atoms with Crippen molar-refractivity contribution in [3.05, 3.63) is 65.2 Å². The molecule has 2 aromatic carbocycles. The molecule has 1 nitrogen and oxygen atoms in total. The number of nitrogens with zero attached hydrogens (tertiary/aromatic N) is 1. The second-order valence-corrected chi connectivity index (χ2v) is 6.09. The molecule has 0 aliphatic carbocycles. The van der Waals surface area contributed by atoms with Gasteiger partial charge in [0.05, 0.1) is 11.2 Å². The van der Waals surface area contributed by atoms with Gasteiger partial charge >= 0.3 is 0 Å². The van der Waals surface area contributed by atoms with E-state index in [1.54, 1.807) is 0 Å². The molecule has 3 aromatic rings. The molecule has 1 heterocycles. The highest BCUT2D eigenvalue weighted by atomic mass is 35.5. The van der Waals surface area contributed by atoms with E-state index in [1.165, 1.54) is 30.4 Å².